The van der Waals surface area contributed by atoms with Crippen molar-refractivity contribution in [3.05, 3.63) is 65.2 Å². The van der Waals surface area contributed by atoms with Crippen molar-refractivity contribution >= 4 is 29.4 Å². The van der Waals surface area contributed by atoms with Crippen LogP contribution in [0.5, 0.6) is 0 Å². The minimum absolute atomic E-state index is 0.0780. The summed E-state index contributed by atoms with van der Waals surface area (Å²) in [6.07, 6.45) is -0.0818. The number of hydrogen-bond acceptors (Lipinski definition) is 6. The molecule has 0 aliphatic carbocycles. The molecular formula is C21H21N3O5. The number of amides is 3. The van der Waals surface area contributed by atoms with Gasteiger partial charge in [-0.25, -0.2) is 4.79 Å². The lowest BCUT2D eigenvalue weighted by molar-refractivity contribution is -0.168. The van der Waals surface area contributed by atoms with Crippen molar-refractivity contribution in [3.8, 4) is 0 Å². The number of rotatable bonds is 7. The number of hydroxylamine groups is 2. The number of likely N-dealkylation sites (N-methyl/N-ethyl adjacent to an activating group) is 1. The van der Waals surface area contributed by atoms with Crippen molar-refractivity contribution in [2.75, 3.05) is 25.5 Å². The number of carbonyl (C=O) groups is 4. The van der Waals surface area contributed by atoms with E-state index >= 15 is 0 Å². The number of para-hydroxylation sites is 1. The molecule has 0 saturated carbocycles. The number of aryl methyl sites for hydroxylation is 1. The van der Waals surface area contributed by atoms with E-state index in [-0.39, 0.29) is 36.5 Å². The fourth-order valence-electron chi connectivity index (χ4n) is 2.91. The first-order chi connectivity index (χ1) is 13.9. The summed E-state index contributed by atoms with van der Waals surface area (Å²) in [6, 6.07) is 13.7. The van der Waals surface area contributed by atoms with Gasteiger partial charge >= 0.3 is 5.97 Å². The average Bonchev–Trinajstić information content (AvgIpc) is 2.93. The monoisotopic (exact) mass is 395 g/mol. The molecule has 29 heavy (non-hydrogen) atoms. The molecule has 8 nitrogen and oxygen atoms in total. The van der Waals surface area contributed by atoms with Crippen LogP contribution in [-0.2, 0) is 14.4 Å². The van der Waals surface area contributed by atoms with E-state index in [9.17, 15) is 19.2 Å². The fourth-order valence-corrected chi connectivity index (χ4v) is 2.91. The molecule has 0 radical (unpaired) electrons. The Hall–Kier alpha value is -3.52. The molecular weight excluding hydrogens is 374 g/mol. The molecule has 3 amide bonds. The van der Waals surface area contributed by atoms with Crippen molar-refractivity contribution in [3.63, 3.8) is 0 Å². The predicted molar refractivity (Wildman–Crippen MR) is 105 cm³/mol. The van der Waals surface area contributed by atoms with Crippen LogP contribution >= 0.6 is 0 Å². The molecule has 0 spiro atoms. The second-order valence-corrected chi connectivity index (χ2v) is 6.76. The summed E-state index contributed by atoms with van der Waals surface area (Å²) in [5.74, 6) is -2.27. The first-order valence-electron chi connectivity index (χ1n) is 9.09. The van der Waals surface area contributed by atoms with Gasteiger partial charge in [0.05, 0.1) is 24.1 Å². The molecule has 0 fully saturated rings. The molecule has 1 aliphatic heterocycles. The largest absolute Gasteiger partial charge is 0.334 e. The fraction of sp³-hybridized carbons (Fsp3) is 0.238. The van der Waals surface area contributed by atoms with Gasteiger partial charge in [-0.15, -0.1) is 0 Å². The third-order valence-electron chi connectivity index (χ3n) is 4.48. The number of hydrogen-bond donors (Lipinski definition) is 1. The zero-order valence-corrected chi connectivity index (χ0v) is 16.2. The maximum absolute atomic E-state index is 12.2. The minimum atomic E-state index is -0.731. The van der Waals surface area contributed by atoms with Crippen LogP contribution in [0.1, 0.15) is 32.7 Å². The van der Waals surface area contributed by atoms with E-state index in [0.29, 0.717) is 5.06 Å². The molecule has 1 N–H and O–H groups in total. The van der Waals surface area contributed by atoms with E-state index in [1.54, 1.807) is 24.1 Å². The van der Waals surface area contributed by atoms with E-state index in [1.165, 1.54) is 12.1 Å². The van der Waals surface area contributed by atoms with Crippen LogP contribution in [-0.4, -0.2) is 53.8 Å². The topological polar surface area (TPSA) is 96.0 Å². The van der Waals surface area contributed by atoms with Gasteiger partial charge in [0.15, 0.2) is 0 Å². The molecule has 0 bridgehead atoms. The van der Waals surface area contributed by atoms with Crippen molar-refractivity contribution in [2.45, 2.75) is 13.3 Å². The highest BCUT2D eigenvalue weighted by atomic mass is 16.7. The van der Waals surface area contributed by atoms with E-state index in [2.05, 4.69) is 5.32 Å². The zero-order valence-electron chi connectivity index (χ0n) is 16.2. The van der Waals surface area contributed by atoms with Gasteiger partial charge in [0.2, 0.25) is 5.91 Å². The van der Waals surface area contributed by atoms with E-state index < -0.39 is 17.8 Å². The summed E-state index contributed by atoms with van der Waals surface area (Å²) < 4.78 is 0. The van der Waals surface area contributed by atoms with Crippen LogP contribution in [0, 0.1) is 6.92 Å². The average molecular weight is 395 g/mol. The van der Waals surface area contributed by atoms with Crippen LogP contribution in [0.25, 0.3) is 0 Å². The normalized spacial score (nSPS) is 12.9. The lowest BCUT2D eigenvalue weighted by Crippen LogP contribution is -2.35. The van der Waals surface area contributed by atoms with Crippen molar-refractivity contribution < 1.29 is 24.0 Å². The van der Waals surface area contributed by atoms with Crippen molar-refractivity contribution in [1.29, 1.82) is 0 Å². The van der Waals surface area contributed by atoms with Crippen LogP contribution in [0.4, 0.5) is 5.69 Å². The smallest absolute Gasteiger partial charge is 0.330 e. The van der Waals surface area contributed by atoms with Crippen molar-refractivity contribution in [1.82, 2.24) is 9.96 Å². The maximum atomic E-state index is 12.2. The highest BCUT2D eigenvalue weighted by Gasteiger charge is 2.38. The molecule has 3 rings (SSSR count). The number of imide groups is 1. The molecule has 0 unspecified atom stereocenters. The number of nitrogens with zero attached hydrogens (tertiary/aromatic N) is 2. The number of carbonyl (C=O) groups excluding carboxylic acids is 4. The van der Waals surface area contributed by atoms with Gasteiger partial charge in [0.1, 0.15) is 0 Å². The maximum Gasteiger partial charge on any atom is 0.334 e. The van der Waals surface area contributed by atoms with Crippen LogP contribution in [0.15, 0.2) is 48.5 Å². The highest BCUT2D eigenvalue weighted by molar-refractivity contribution is 6.20. The SMILES string of the molecule is Cc1ccccc1NC(=O)CN(C)CCC(=O)ON1C(=O)c2ccccc2C1=O. The minimum Gasteiger partial charge on any atom is -0.330 e. The molecule has 1 heterocycles. The van der Waals surface area contributed by atoms with Crippen LogP contribution in [0.3, 0.4) is 0 Å². The Bertz CT molecular complexity index is 937. The first kappa shape index (κ1) is 20.2. The van der Waals surface area contributed by atoms with Gasteiger partial charge in [0.25, 0.3) is 11.8 Å². The Balaban J connectivity index is 1.46. The molecule has 2 aromatic carbocycles. The van der Waals surface area contributed by atoms with E-state index in [0.717, 1.165) is 11.3 Å². The van der Waals surface area contributed by atoms with Gasteiger partial charge in [0, 0.05) is 12.2 Å². The lowest BCUT2D eigenvalue weighted by Gasteiger charge is -2.17. The Kier molecular flexibility index (Phi) is 6.04. The standard InChI is InChI=1S/C21H21N3O5/c1-14-7-3-6-10-17(14)22-18(25)13-23(2)12-11-19(26)29-24-20(27)15-8-4-5-9-16(15)21(24)28/h3-10H,11-13H2,1-2H3,(H,22,25). The van der Waals surface area contributed by atoms with Gasteiger partial charge in [-0.1, -0.05) is 35.4 Å². The quantitative estimate of drug-likeness (QED) is 0.721. The second kappa shape index (κ2) is 8.66. The third-order valence-corrected chi connectivity index (χ3v) is 4.48. The van der Waals surface area contributed by atoms with Crippen LogP contribution < -0.4 is 5.32 Å². The number of benzene rings is 2. The molecule has 1 aliphatic rings. The molecule has 2 aromatic rings. The number of anilines is 1. The van der Waals surface area contributed by atoms with Gasteiger partial charge < -0.3 is 10.2 Å². The summed E-state index contributed by atoms with van der Waals surface area (Å²) in [5.41, 5.74) is 2.09. The third kappa shape index (κ3) is 4.67. The van der Waals surface area contributed by atoms with Gasteiger partial charge in [-0.3, -0.25) is 19.3 Å². The Morgan fingerprint density at radius 2 is 1.59 bits per heavy atom. The zero-order chi connectivity index (χ0) is 21.0. The molecule has 0 atom stereocenters. The van der Waals surface area contributed by atoms with Crippen LogP contribution in [0.2, 0.25) is 0 Å². The number of nitrogens with one attached hydrogen (secondary N) is 1. The summed E-state index contributed by atoms with van der Waals surface area (Å²) in [5, 5.41) is 3.30. The molecule has 8 heteroatoms. The van der Waals surface area contributed by atoms with E-state index in [4.69, 9.17) is 4.84 Å². The summed E-state index contributed by atoms with van der Waals surface area (Å²) in [6.45, 7) is 2.20. The predicted octanol–water partition coefficient (Wildman–Crippen LogP) is 2.01. The summed E-state index contributed by atoms with van der Waals surface area (Å²) in [7, 11) is 1.69. The molecule has 0 saturated heterocycles. The first-order valence-corrected chi connectivity index (χ1v) is 9.09. The number of fused-ring (bicyclic) bond motifs is 1. The lowest BCUT2D eigenvalue weighted by atomic mass is 10.1. The Morgan fingerprint density at radius 1 is 1.00 bits per heavy atom. The summed E-state index contributed by atoms with van der Waals surface area (Å²) in [4.78, 5) is 55.2. The summed E-state index contributed by atoms with van der Waals surface area (Å²) >= 11 is 0. The second-order valence-electron chi connectivity index (χ2n) is 6.76. The molecule has 0 aromatic heterocycles. The van der Waals surface area contributed by atoms with Gasteiger partial charge in [-0.05, 0) is 37.7 Å². The molecule has 150 valence electrons. The Morgan fingerprint density at radius 3 is 2.21 bits per heavy atom. The van der Waals surface area contributed by atoms with E-state index in [1.807, 2.05) is 31.2 Å². The van der Waals surface area contributed by atoms with Crippen molar-refractivity contribution in [2.24, 2.45) is 0 Å². The Labute approximate surface area is 168 Å². The van der Waals surface area contributed by atoms with Gasteiger partial charge in [-0.2, -0.15) is 0 Å². The highest BCUT2D eigenvalue weighted by Crippen LogP contribution is 2.22.